The lowest BCUT2D eigenvalue weighted by Crippen LogP contribution is -2.46. The minimum atomic E-state index is -2.34. The van der Waals surface area contributed by atoms with E-state index < -0.39 is 19.3 Å². The van der Waals surface area contributed by atoms with Gasteiger partial charge in [-0.25, -0.2) is 9.97 Å². The van der Waals surface area contributed by atoms with Crippen LogP contribution in [0.15, 0.2) is 17.0 Å². The van der Waals surface area contributed by atoms with Crippen molar-refractivity contribution in [1.82, 2.24) is 19.9 Å². The SMILES string of the molecule is CC(C)(CCC(C)(C)[Si](C)(C)O)NC(=O)c1cn(COC(=O)C(C)(C)C)c2ncc(Br)nc12. The first-order chi connectivity index (χ1) is 14.8. The van der Waals surface area contributed by atoms with E-state index in [1.165, 1.54) is 0 Å². The molecule has 2 heterocycles. The van der Waals surface area contributed by atoms with E-state index in [1.807, 2.05) is 26.9 Å². The number of amides is 1. The first-order valence-corrected chi connectivity index (χ1v) is 14.8. The van der Waals surface area contributed by atoms with Gasteiger partial charge in [0.15, 0.2) is 20.7 Å². The summed E-state index contributed by atoms with van der Waals surface area (Å²) in [6, 6.07) is 0. The lowest BCUT2D eigenvalue weighted by atomic mass is 9.93. The molecule has 0 bridgehead atoms. The van der Waals surface area contributed by atoms with Crippen LogP contribution in [0, 0.1) is 5.41 Å². The van der Waals surface area contributed by atoms with Crippen molar-refractivity contribution in [2.24, 2.45) is 5.41 Å². The Hall–Kier alpha value is -1.78. The second-order valence-electron chi connectivity index (χ2n) is 11.5. The highest BCUT2D eigenvalue weighted by molar-refractivity contribution is 9.10. The molecule has 2 rings (SSSR count). The van der Waals surface area contributed by atoms with E-state index >= 15 is 0 Å². The molecule has 0 aromatic carbocycles. The predicted octanol–water partition coefficient (Wildman–Crippen LogP) is 5.01. The number of ether oxygens (including phenoxy) is 1. The first-order valence-electron chi connectivity index (χ1n) is 11.1. The first kappa shape index (κ1) is 27.5. The van der Waals surface area contributed by atoms with Gasteiger partial charge in [-0.3, -0.25) is 14.2 Å². The zero-order valence-electron chi connectivity index (χ0n) is 21.2. The standard InChI is InChI=1S/C23H37BrN4O4Si/c1-21(2,3)20(30)32-14-28-13-15(17-18(28)25-12-16(24)26-17)19(29)27-22(4,5)10-11-23(6,7)33(8,9)31/h12-13,31H,10-11,14H2,1-9H3,(H,27,29). The maximum absolute atomic E-state index is 13.3. The number of carbonyl (C=O) groups excluding carboxylic acids is 2. The largest absolute Gasteiger partial charge is 0.443 e. The van der Waals surface area contributed by atoms with Gasteiger partial charge in [0.2, 0.25) is 0 Å². The summed E-state index contributed by atoms with van der Waals surface area (Å²) in [6.45, 7) is 17.3. The molecule has 1 amide bonds. The number of hydrogen-bond donors (Lipinski definition) is 2. The Labute approximate surface area is 205 Å². The van der Waals surface area contributed by atoms with Crippen LogP contribution in [0.4, 0.5) is 0 Å². The zero-order chi connectivity index (χ0) is 25.4. The fourth-order valence-electron chi connectivity index (χ4n) is 3.01. The highest BCUT2D eigenvalue weighted by atomic mass is 79.9. The number of rotatable bonds is 8. The van der Waals surface area contributed by atoms with Crippen molar-refractivity contribution in [3.8, 4) is 0 Å². The summed E-state index contributed by atoms with van der Waals surface area (Å²) in [5.41, 5.74) is 0.0999. The van der Waals surface area contributed by atoms with E-state index in [4.69, 9.17) is 4.74 Å². The van der Waals surface area contributed by atoms with Gasteiger partial charge in [-0.1, -0.05) is 13.8 Å². The van der Waals surface area contributed by atoms with Crippen molar-refractivity contribution in [3.63, 3.8) is 0 Å². The Balaban J connectivity index is 2.26. The summed E-state index contributed by atoms with van der Waals surface area (Å²) < 4.78 is 7.54. The van der Waals surface area contributed by atoms with Crippen LogP contribution in [0.5, 0.6) is 0 Å². The number of nitrogens with one attached hydrogen (secondary N) is 1. The summed E-state index contributed by atoms with van der Waals surface area (Å²) in [6.07, 6.45) is 4.65. The van der Waals surface area contributed by atoms with Gasteiger partial charge in [-0.2, -0.15) is 0 Å². The van der Waals surface area contributed by atoms with Crippen LogP contribution in [-0.4, -0.2) is 45.1 Å². The molecule has 2 N–H and O–H groups in total. The summed E-state index contributed by atoms with van der Waals surface area (Å²) in [5.74, 6) is -0.629. The Kier molecular flexibility index (Phi) is 7.87. The quantitative estimate of drug-likeness (QED) is 0.360. The highest BCUT2D eigenvalue weighted by Crippen LogP contribution is 2.41. The third-order valence-electron chi connectivity index (χ3n) is 6.21. The van der Waals surface area contributed by atoms with Crippen LogP contribution in [-0.2, 0) is 16.3 Å². The summed E-state index contributed by atoms with van der Waals surface area (Å²) in [7, 11) is -2.34. The smallest absolute Gasteiger partial charge is 0.312 e. The van der Waals surface area contributed by atoms with E-state index in [9.17, 15) is 14.4 Å². The van der Waals surface area contributed by atoms with Gasteiger partial charge in [0, 0.05) is 11.7 Å². The van der Waals surface area contributed by atoms with Gasteiger partial charge in [-0.15, -0.1) is 0 Å². The van der Waals surface area contributed by atoms with Crippen molar-refractivity contribution >= 4 is 47.3 Å². The Morgan fingerprint density at radius 2 is 1.76 bits per heavy atom. The molecule has 8 nitrogen and oxygen atoms in total. The molecular formula is C23H37BrN4O4Si. The molecular weight excluding hydrogens is 504 g/mol. The molecule has 0 unspecified atom stereocenters. The van der Waals surface area contributed by atoms with E-state index in [1.54, 1.807) is 37.7 Å². The second-order valence-corrected chi connectivity index (χ2v) is 16.8. The van der Waals surface area contributed by atoms with E-state index in [0.29, 0.717) is 27.8 Å². The molecule has 10 heteroatoms. The normalized spacial score (nSPS) is 13.3. The van der Waals surface area contributed by atoms with Gasteiger partial charge in [0.05, 0.1) is 17.2 Å². The number of fused-ring (bicyclic) bond motifs is 1. The molecule has 0 atom stereocenters. The maximum Gasteiger partial charge on any atom is 0.312 e. The van der Waals surface area contributed by atoms with Gasteiger partial charge < -0.3 is 14.8 Å². The molecule has 2 aromatic heterocycles. The fraction of sp³-hybridized carbons (Fsp3) is 0.652. The maximum atomic E-state index is 13.3. The van der Waals surface area contributed by atoms with Crippen LogP contribution in [0.2, 0.25) is 18.1 Å². The topological polar surface area (TPSA) is 106 Å². The summed E-state index contributed by atoms with van der Waals surface area (Å²) >= 11 is 3.32. The lowest BCUT2D eigenvalue weighted by Gasteiger charge is -2.38. The number of esters is 1. The second kappa shape index (κ2) is 9.46. The third-order valence-corrected chi connectivity index (χ3v) is 10.2. The number of nitrogens with zero attached hydrogens (tertiary/aromatic N) is 3. The van der Waals surface area contributed by atoms with Crippen LogP contribution >= 0.6 is 15.9 Å². The van der Waals surface area contributed by atoms with Crippen LogP contribution in [0.25, 0.3) is 11.2 Å². The van der Waals surface area contributed by atoms with E-state index in [2.05, 4.69) is 45.1 Å². The van der Waals surface area contributed by atoms with Crippen molar-refractivity contribution in [3.05, 3.63) is 22.6 Å². The number of halogens is 1. The average molecular weight is 542 g/mol. The number of carbonyl (C=O) groups is 2. The van der Waals surface area contributed by atoms with Crippen molar-refractivity contribution in [1.29, 1.82) is 0 Å². The predicted molar refractivity (Wildman–Crippen MR) is 135 cm³/mol. The average Bonchev–Trinajstić information content (AvgIpc) is 3.00. The summed E-state index contributed by atoms with van der Waals surface area (Å²) in [5, 5.41) is 2.92. The molecule has 33 heavy (non-hydrogen) atoms. The monoisotopic (exact) mass is 540 g/mol. The van der Waals surface area contributed by atoms with Gasteiger partial charge >= 0.3 is 5.97 Å². The number of aromatic nitrogens is 3. The molecule has 0 radical (unpaired) electrons. The molecule has 0 saturated carbocycles. The lowest BCUT2D eigenvalue weighted by molar-refractivity contribution is -0.156. The van der Waals surface area contributed by atoms with Crippen molar-refractivity contribution < 1.29 is 19.1 Å². The molecule has 0 saturated heterocycles. The molecule has 0 aliphatic rings. The van der Waals surface area contributed by atoms with Gasteiger partial charge in [0.1, 0.15) is 10.1 Å². The zero-order valence-corrected chi connectivity index (χ0v) is 23.8. The number of hydrogen-bond acceptors (Lipinski definition) is 6. The molecule has 0 spiro atoms. The molecule has 184 valence electrons. The van der Waals surface area contributed by atoms with E-state index in [-0.39, 0.29) is 23.6 Å². The molecule has 2 aromatic rings. The highest BCUT2D eigenvalue weighted by Gasteiger charge is 2.39. The van der Waals surface area contributed by atoms with E-state index in [0.717, 1.165) is 6.42 Å². The minimum Gasteiger partial charge on any atom is -0.443 e. The summed E-state index contributed by atoms with van der Waals surface area (Å²) in [4.78, 5) is 44.9. The van der Waals surface area contributed by atoms with Gasteiger partial charge in [-0.05, 0) is 81.5 Å². The third kappa shape index (κ3) is 6.86. The minimum absolute atomic E-state index is 0.0655. The van der Waals surface area contributed by atoms with Crippen LogP contribution in [0.1, 0.15) is 71.7 Å². The van der Waals surface area contributed by atoms with Gasteiger partial charge in [0.25, 0.3) is 5.91 Å². The molecule has 0 aliphatic carbocycles. The Morgan fingerprint density at radius 1 is 1.15 bits per heavy atom. The van der Waals surface area contributed by atoms with Crippen molar-refractivity contribution in [2.75, 3.05) is 0 Å². The van der Waals surface area contributed by atoms with Crippen LogP contribution < -0.4 is 5.32 Å². The van der Waals surface area contributed by atoms with Crippen molar-refractivity contribution in [2.45, 2.75) is 91.7 Å². The Bertz CT molecular complexity index is 1040. The molecule has 0 fully saturated rings. The Morgan fingerprint density at radius 3 is 2.30 bits per heavy atom. The molecule has 0 aliphatic heterocycles. The van der Waals surface area contributed by atoms with Crippen LogP contribution in [0.3, 0.4) is 0 Å². The fourth-order valence-corrected chi connectivity index (χ4v) is 4.02.